The van der Waals surface area contributed by atoms with Crippen LogP contribution in [0.5, 0.6) is 0 Å². The Kier molecular flexibility index (Phi) is 4.06. The maximum Gasteiger partial charge on any atom is 0.0715 e. The molecule has 0 heterocycles. The second-order valence-corrected chi connectivity index (χ2v) is 3.37. The van der Waals surface area contributed by atoms with Gasteiger partial charge >= 0.3 is 0 Å². The molecule has 0 fully saturated rings. The Morgan fingerprint density at radius 3 is 2.54 bits per heavy atom. The van der Waals surface area contributed by atoms with Gasteiger partial charge in [0.15, 0.2) is 0 Å². The summed E-state index contributed by atoms with van der Waals surface area (Å²) in [5.41, 5.74) is 1.06. The molecule has 1 unspecified atom stereocenters. The highest BCUT2D eigenvalue weighted by atomic mass is 35.5. The number of nitrogens with one attached hydrogen (secondary N) is 1. The normalized spacial score (nSPS) is 12.5. The summed E-state index contributed by atoms with van der Waals surface area (Å²) < 4.78 is 5.11. The number of methoxy groups -OCH3 is 1. The molecular weight excluding hydrogens is 186 g/mol. The van der Waals surface area contributed by atoms with Gasteiger partial charge in [0.1, 0.15) is 0 Å². The predicted octanol–water partition coefficient (Wildman–Crippen LogP) is 2.79. The smallest absolute Gasteiger partial charge is 0.0715 e. The second kappa shape index (κ2) is 5.10. The first-order chi connectivity index (χ1) is 6.22. The molecule has 2 nitrogen and oxygen atoms in total. The average molecular weight is 200 g/mol. The third-order valence-electron chi connectivity index (χ3n) is 1.84. The van der Waals surface area contributed by atoms with Crippen LogP contribution in [0.15, 0.2) is 24.3 Å². The van der Waals surface area contributed by atoms with E-state index in [2.05, 4.69) is 5.32 Å². The molecule has 0 amide bonds. The van der Waals surface area contributed by atoms with Crippen LogP contribution in [-0.2, 0) is 4.74 Å². The van der Waals surface area contributed by atoms with Crippen molar-refractivity contribution in [1.82, 2.24) is 0 Å². The fourth-order valence-corrected chi connectivity index (χ4v) is 1.04. The van der Waals surface area contributed by atoms with Gasteiger partial charge in [0.05, 0.1) is 6.10 Å². The molecule has 1 aromatic carbocycles. The lowest BCUT2D eigenvalue weighted by Crippen LogP contribution is -2.17. The Labute approximate surface area is 83.9 Å². The molecule has 0 saturated heterocycles. The summed E-state index contributed by atoms with van der Waals surface area (Å²) >= 11 is 5.75. The van der Waals surface area contributed by atoms with Crippen molar-refractivity contribution in [3.63, 3.8) is 0 Å². The van der Waals surface area contributed by atoms with Crippen molar-refractivity contribution in [3.05, 3.63) is 29.3 Å². The molecule has 13 heavy (non-hydrogen) atoms. The summed E-state index contributed by atoms with van der Waals surface area (Å²) in [6.07, 6.45) is 0.218. The summed E-state index contributed by atoms with van der Waals surface area (Å²) in [6, 6.07) is 7.62. The van der Waals surface area contributed by atoms with E-state index in [1.165, 1.54) is 0 Å². The molecule has 72 valence electrons. The molecule has 0 aromatic heterocycles. The third-order valence-corrected chi connectivity index (χ3v) is 2.09. The molecule has 0 saturated carbocycles. The van der Waals surface area contributed by atoms with Crippen molar-refractivity contribution >= 4 is 17.3 Å². The second-order valence-electron chi connectivity index (χ2n) is 2.93. The molecule has 0 spiro atoms. The van der Waals surface area contributed by atoms with E-state index in [0.717, 1.165) is 17.3 Å². The minimum Gasteiger partial charge on any atom is -0.382 e. The van der Waals surface area contributed by atoms with Crippen molar-refractivity contribution in [2.45, 2.75) is 13.0 Å². The van der Waals surface area contributed by atoms with Gasteiger partial charge in [-0.25, -0.2) is 0 Å². The van der Waals surface area contributed by atoms with Crippen LogP contribution >= 0.6 is 11.6 Å². The summed E-state index contributed by atoms with van der Waals surface area (Å²) in [5.74, 6) is 0. The lowest BCUT2D eigenvalue weighted by Gasteiger charge is -2.11. The van der Waals surface area contributed by atoms with Crippen LogP contribution in [0.1, 0.15) is 6.92 Å². The van der Waals surface area contributed by atoms with Crippen molar-refractivity contribution in [2.75, 3.05) is 19.0 Å². The number of hydrogen-bond acceptors (Lipinski definition) is 2. The van der Waals surface area contributed by atoms with E-state index in [4.69, 9.17) is 16.3 Å². The summed E-state index contributed by atoms with van der Waals surface area (Å²) in [5, 5.41) is 3.99. The Bertz CT molecular complexity index is 248. The van der Waals surface area contributed by atoms with Crippen LogP contribution in [0.3, 0.4) is 0 Å². The van der Waals surface area contributed by atoms with E-state index < -0.39 is 0 Å². The Balaban J connectivity index is 2.41. The van der Waals surface area contributed by atoms with Crippen molar-refractivity contribution in [2.24, 2.45) is 0 Å². The lowest BCUT2D eigenvalue weighted by atomic mass is 10.3. The summed E-state index contributed by atoms with van der Waals surface area (Å²) in [6.45, 7) is 2.82. The van der Waals surface area contributed by atoms with Gasteiger partial charge in [-0.1, -0.05) is 11.6 Å². The largest absolute Gasteiger partial charge is 0.382 e. The first-order valence-electron chi connectivity index (χ1n) is 4.24. The van der Waals surface area contributed by atoms with Gasteiger partial charge in [-0.3, -0.25) is 0 Å². The minimum atomic E-state index is 0.218. The fraction of sp³-hybridized carbons (Fsp3) is 0.400. The standard InChI is InChI=1S/C10H14ClNO/c1-8(13-2)7-12-10-5-3-9(11)4-6-10/h3-6,8,12H,7H2,1-2H3. The zero-order chi connectivity index (χ0) is 9.68. The van der Waals surface area contributed by atoms with Gasteiger partial charge in [-0.15, -0.1) is 0 Å². The molecule has 3 heteroatoms. The molecule has 1 N–H and O–H groups in total. The van der Waals surface area contributed by atoms with E-state index in [1.54, 1.807) is 7.11 Å². The Hall–Kier alpha value is -0.730. The van der Waals surface area contributed by atoms with Crippen LogP contribution in [0.4, 0.5) is 5.69 Å². The van der Waals surface area contributed by atoms with Crippen LogP contribution in [-0.4, -0.2) is 19.8 Å². The van der Waals surface area contributed by atoms with Crippen LogP contribution < -0.4 is 5.32 Å². The molecule has 0 bridgehead atoms. The van der Waals surface area contributed by atoms with Crippen molar-refractivity contribution in [3.8, 4) is 0 Å². The SMILES string of the molecule is COC(C)CNc1ccc(Cl)cc1. The maximum absolute atomic E-state index is 5.75. The molecule has 1 atom stereocenters. The van der Waals surface area contributed by atoms with E-state index in [9.17, 15) is 0 Å². The number of anilines is 1. The van der Waals surface area contributed by atoms with Gasteiger partial charge in [0.25, 0.3) is 0 Å². The van der Waals surface area contributed by atoms with Crippen molar-refractivity contribution < 1.29 is 4.74 Å². The molecule has 1 aromatic rings. The molecule has 0 aliphatic rings. The fourth-order valence-electron chi connectivity index (χ4n) is 0.913. The number of hydrogen-bond donors (Lipinski definition) is 1. The van der Waals surface area contributed by atoms with Gasteiger partial charge < -0.3 is 10.1 Å². The first kappa shape index (κ1) is 10.4. The van der Waals surface area contributed by atoms with Gasteiger partial charge in [-0.05, 0) is 31.2 Å². The van der Waals surface area contributed by atoms with Crippen LogP contribution in [0, 0.1) is 0 Å². The number of rotatable bonds is 4. The molecule has 0 aliphatic heterocycles. The number of halogens is 1. The van der Waals surface area contributed by atoms with E-state index >= 15 is 0 Å². The molecule has 0 radical (unpaired) electrons. The predicted molar refractivity (Wildman–Crippen MR) is 56.4 cm³/mol. The van der Waals surface area contributed by atoms with Gasteiger partial charge in [-0.2, -0.15) is 0 Å². The number of benzene rings is 1. The number of ether oxygens (including phenoxy) is 1. The van der Waals surface area contributed by atoms with E-state index in [-0.39, 0.29) is 6.10 Å². The van der Waals surface area contributed by atoms with Crippen molar-refractivity contribution in [1.29, 1.82) is 0 Å². The Morgan fingerprint density at radius 1 is 1.38 bits per heavy atom. The maximum atomic E-state index is 5.75. The van der Waals surface area contributed by atoms with E-state index in [1.807, 2.05) is 31.2 Å². The minimum absolute atomic E-state index is 0.218. The monoisotopic (exact) mass is 199 g/mol. The first-order valence-corrected chi connectivity index (χ1v) is 4.62. The van der Waals surface area contributed by atoms with Crippen LogP contribution in [0.2, 0.25) is 5.02 Å². The molecule has 1 rings (SSSR count). The highest BCUT2D eigenvalue weighted by molar-refractivity contribution is 6.30. The summed E-state index contributed by atoms with van der Waals surface area (Å²) in [7, 11) is 1.70. The Morgan fingerprint density at radius 2 is 2.00 bits per heavy atom. The average Bonchev–Trinajstić information content (AvgIpc) is 2.16. The van der Waals surface area contributed by atoms with E-state index in [0.29, 0.717) is 0 Å². The topological polar surface area (TPSA) is 21.3 Å². The zero-order valence-electron chi connectivity index (χ0n) is 7.88. The third kappa shape index (κ3) is 3.66. The van der Waals surface area contributed by atoms with Gasteiger partial charge in [0, 0.05) is 24.4 Å². The highest BCUT2D eigenvalue weighted by Gasteiger charge is 1.98. The van der Waals surface area contributed by atoms with Crippen LogP contribution in [0.25, 0.3) is 0 Å². The van der Waals surface area contributed by atoms with Gasteiger partial charge in [0.2, 0.25) is 0 Å². The quantitative estimate of drug-likeness (QED) is 0.805. The molecular formula is C10H14ClNO. The highest BCUT2D eigenvalue weighted by Crippen LogP contribution is 2.13. The lowest BCUT2D eigenvalue weighted by molar-refractivity contribution is 0.129. The summed E-state index contributed by atoms with van der Waals surface area (Å²) in [4.78, 5) is 0. The molecule has 0 aliphatic carbocycles. The zero-order valence-corrected chi connectivity index (χ0v) is 8.64.